The highest BCUT2D eigenvalue weighted by molar-refractivity contribution is 7.20. The van der Waals surface area contributed by atoms with Crippen molar-refractivity contribution in [2.24, 2.45) is 17.6 Å². The first-order chi connectivity index (χ1) is 9.06. The summed E-state index contributed by atoms with van der Waals surface area (Å²) in [6.07, 6.45) is 3.81. The molecule has 0 aromatic carbocycles. The lowest BCUT2D eigenvalue weighted by molar-refractivity contribution is 0.245. The zero-order chi connectivity index (χ0) is 13.6. The van der Waals surface area contributed by atoms with Crippen LogP contribution < -0.4 is 5.73 Å². The van der Waals surface area contributed by atoms with Crippen LogP contribution in [0.25, 0.3) is 0 Å². The van der Waals surface area contributed by atoms with Crippen LogP contribution in [-0.2, 0) is 0 Å². The zero-order valence-corrected chi connectivity index (χ0v) is 13.4. The molecular formula is C14H20Cl2N2S. The van der Waals surface area contributed by atoms with Crippen LogP contribution in [0.4, 0.5) is 0 Å². The van der Waals surface area contributed by atoms with Gasteiger partial charge >= 0.3 is 0 Å². The van der Waals surface area contributed by atoms with Crippen molar-refractivity contribution in [3.05, 3.63) is 20.3 Å². The lowest BCUT2D eigenvalue weighted by Gasteiger charge is -2.30. The molecule has 4 unspecified atom stereocenters. The van der Waals surface area contributed by atoms with E-state index in [4.69, 9.17) is 28.9 Å². The number of fused-ring (bicyclic) bond motifs is 1. The van der Waals surface area contributed by atoms with E-state index in [9.17, 15) is 0 Å². The number of halogens is 2. The van der Waals surface area contributed by atoms with Gasteiger partial charge in [-0.2, -0.15) is 0 Å². The normalized spacial score (nSPS) is 33.4. The molecule has 2 aliphatic rings. The van der Waals surface area contributed by atoms with Gasteiger partial charge in [-0.05, 0) is 37.7 Å². The average Bonchev–Trinajstić information content (AvgIpc) is 2.93. The molecule has 1 aromatic heterocycles. The molecule has 106 valence electrons. The van der Waals surface area contributed by atoms with Crippen LogP contribution in [0.15, 0.2) is 6.07 Å². The Balaban J connectivity index is 1.75. The summed E-state index contributed by atoms with van der Waals surface area (Å²) in [5.74, 6) is 1.45. The van der Waals surface area contributed by atoms with E-state index >= 15 is 0 Å². The van der Waals surface area contributed by atoms with Crippen molar-refractivity contribution in [3.8, 4) is 0 Å². The molecule has 0 spiro atoms. The Labute approximate surface area is 128 Å². The molecule has 4 atom stereocenters. The number of thiophene rings is 1. The van der Waals surface area contributed by atoms with Crippen LogP contribution in [0.5, 0.6) is 0 Å². The largest absolute Gasteiger partial charge is 0.327 e. The first kappa shape index (κ1) is 14.2. The number of nitrogens with two attached hydrogens (primary N) is 1. The molecule has 1 aromatic rings. The number of nitrogens with zero attached hydrogens (tertiary/aromatic N) is 1. The Bertz CT molecular complexity index is 462. The predicted molar refractivity (Wildman–Crippen MR) is 83.1 cm³/mol. The molecule has 0 bridgehead atoms. The van der Waals surface area contributed by atoms with Crippen LogP contribution in [0.2, 0.25) is 8.67 Å². The van der Waals surface area contributed by atoms with E-state index in [2.05, 4.69) is 11.8 Å². The van der Waals surface area contributed by atoms with E-state index < -0.39 is 0 Å². The Morgan fingerprint density at radius 1 is 1.37 bits per heavy atom. The minimum atomic E-state index is 0.342. The quantitative estimate of drug-likeness (QED) is 0.886. The van der Waals surface area contributed by atoms with Gasteiger partial charge in [-0.15, -0.1) is 11.3 Å². The zero-order valence-electron chi connectivity index (χ0n) is 11.1. The van der Waals surface area contributed by atoms with Crippen LogP contribution in [-0.4, -0.2) is 24.0 Å². The van der Waals surface area contributed by atoms with Crippen LogP contribution in [0.1, 0.15) is 37.8 Å². The predicted octanol–water partition coefficient (Wildman–Crippen LogP) is 4.18. The SMILES string of the molecule is CC(c1cc(Cl)sc1Cl)N1CC2CCCC(N)C2C1. The van der Waals surface area contributed by atoms with Gasteiger partial charge in [-0.3, -0.25) is 4.90 Å². The van der Waals surface area contributed by atoms with Crippen LogP contribution in [0.3, 0.4) is 0 Å². The van der Waals surface area contributed by atoms with Gasteiger partial charge in [0.15, 0.2) is 0 Å². The molecule has 0 amide bonds. The minimum absolute atomic E-state index is 0.342. The molecule has 3 rings (SSSR count). The maximum atomic E-state index is 6.28. The average molecular weight is 319 g/mol. The van der Waals surface area contributed by atoms with Gasteiger partial charge in [-0.1, -0.05) is 29.6 Å². The molecule has 1 saturated carbocycles. The fourth-order valence-electron chi connectivity index (χ4n) is 3.70. The van der Waals surface area contributed by atoms with E-state index in [0.717, 1.165) is 27.7 Å². The second kappa shape index (κ2) is 5.53. The lowest BCUT2D eigenvalue weighted by atomic mass is 9.78. The van der Waals surface area contributed by atoms with Crippen molar-refractivity contribution in [2.75, 3.05) is 13.1 Å². The molecule has 2 heterocycles. The van der Waals surface area contributed by atoms with Gasteiger partial charge in [-0.25, -0.2) is 0 Å². The Hall–Kier alpha value is 0.200. The highest BCUT2D eigenvalue weighted by atomic mass is 35.5. The Morgan fingerprint density at radius 3 is 2.79 bits per heavy atom. The Kier molecular flexibility index (Phi) is 4.12. The first-order valence-electron chi connectivity index (χ1n) is 7.00. The van der Waals surface area contributed by atoms with Gasteiger partial charge in [0, 0.05) is 30.7 Å². The summed E-state index contributed by atoms with van der Waals surface area (Å²) in [5.41, 5.74) is 7.45. The minimum Gasteiger partial charge on any atom is -0.327 e. The highest BCUT2D eigenvalue weighted by Crippen LogP contribution is 2.42. The summed E-state index contributed by atoms with van der Waals surface area (Å²) >= 11 is 13.8. The molecule has 0 radical (unpaired) electrons. The van der Waals surface area contributed by atoms with Gasteiger partial charge in [0.25, 0.3) is 0 Å². The monoisotopic (exact) mass is 318 g/mol. The second-order valence-electron chi connectivity index (χ2n) is 5.93. The van der Waals surface area contributed by atoms with E-state index in [1.807, 2.05) is 6.07 Å². The summed E-state index contributed by atoms with van der Waals surface area (Å²) in [7, 11) is 0. The maximum Gasteiger partial charge on any atom is 0.0991 e. The molecule has 1 aliphatic heterocycles. The molecule has 2 nitrogen and oxygen atoms in total. The lowest BCUT2D eigenvalue weighted by Crippen LogP contribution is -2.38. The van der Waals surface area contributed by atoms with Crippen molar-refractivity contribution >= 4 is 34.5 Å². The van der Waals surface area contributed by atoms with Crippen LogP contribution in [0, 0.1) is 11.8 Å². The fraction of sp³-hybridized carbons (Fsp3) is 0.714. The van der Waals surface area contributed by atoms with Crippen molar-refractivity contribution in [1.82, 2.24) is 4.90 Å². The maximum absolute atomic E-state index is 6.28. The topological polar surface area (TPSA) is 29.3 Å². The summed E-state index contributed by atoms with van der Waals surface area (Å²) in [5, 5.41) is 0. The second-order valence-corrected chi connectivity index (χ2v) is 8.21. The van der Waals surface area contributed by atoms with E-state index in [1.54, 1.807) is 0 Å². The standard InChI is InChI=1S/C14H20Cl2N2S/c1-8(10-5-13(15)19-14(10)16)18-6-9-3-2-4-12(17)11(9)7-18/h5,8-9,11-12H,2-4,6-7,17H2,1H3. The Morgan fingerprint density at radius 2 is 2.16 bits per heavy atom. The van der Waals surface area contributed by atoms with E-state index in [0.29, 0.717) is 18.0 Å². The number of likely N-dealkylation sites (tertiary alicyclic amines) is 1. The summed E-state index contributed by atoms with van der Waals surface area (Å²) in [6.45, 7) is 4.49. The summed E-state index contributed by atoms with van der Waals surface area (Å²) in [4.78, 5) is 2.53. The number of rotatable bonds is 2. The van der Waals surface area contributed by atoms with Crippen molar-refractivity contribution in [1.29, 1.82) is 0 Å². The van der Waals surface area contributed by atoms with Gasteiger partial charge in [0.1, 0.15) is 0 Å². The first-order valence-corrected chi connectivity index (χ1v) is 8.58. The molecule has 19 heavy (non-hydrogen) atoms. The van der Waals surface area contributed by atoms with Crippen molar-refractivity contribution in [2.45, 2.75) is 38.3 Å². The van der Waals surface area contributed by atoms with E-state index in [-0.39, 0.29) is 0 Å². The molecule has 2 fully saturated rings. The van der Waals surface area contributed by atoms with E-state index in [1.165, 1.54) is 36.2 Å². The third-order valence-corrected chi connectivity index (χ3v) is 6.38. The molecular weight excluding hydrogens is 299 g/mol. The molecule has 1 saturated heterocycles. The summed E-state index contributed by atoms with van der Waals surface area (Å²) < 4.78 is 1.61. The smallest absolute Gasteiger partial charge is 0.0991 e. The number of hydrogen-bond donors (Lipinski definition) is 1. The fourth-order valence-corrected chi connectivity index (χ4v) is 5.34. The van der Waals surface area contributed by atoms with Crippen molar-refractivity contribution in [3.63, 3.8) is 0 Å². The molecule has 5 heteroatoms. The summed E-state index contributed by atoms with van der Waals surface area (Å²) in [6, 6.07) is 2.74. The van der Waals surface area contributed by atoms with Gasteiger partial charge in [0.2, 0.25) is 0 Å². The third kappa shape index (κ3) is 2.68. The van der Waals surface area contributed by atoms with Crippen LogP contribution >= 0.6 is 34.5 Å². The molecule has 1 aliphatic carbocycles. The van der Waals surface area contributed by atoms with Crippen molar-refractivity contribution < 1.29 is 0 Å². The highest BCUT2D eigenvalue weighted by Gasteiger charge is 2.40. The third-order valence-electron chi connectivity index (χ3n) is 4.86. The molecule has 2 N–H and O–H groups in total. The number of hydrogen-bond acceptors (Lipinski definition) is 3. The van der Waals surface area contributed by atoms with Gasteiger partial charge < -0.3 is 5.73 Å². The van der Waals surface area contributed by atoms with Gasteiger partial charge in [0.05, 0.1) is 8.67 Å².